The minimum atomic E-state index is -0.577. The number of ether oxygens (including phenoxy) is 1. The van der Waals surface area contributed by atoms with Gasteiger partial charge in [0.15, 0.2) is 5.82 Å². The number of halogens is 1. The summed E-state index contributed by atoms with van der Waals surface area (Å²) in [6.45, 7) is 8.07. The minimum Gasteiger partial charge on any atom is -0.444 e. The van der Waals surface area contributed by atoms with Gasteiger partial charge < -0.3 is 9.64 Å². The van der Waals surface area contributed by atoms with Gasteiger partial charge in [0, 0.05) is 42.6 Å². The number of rotatable bonds is 4. The first-order chi connectivity index (χ1) is 18.6. The van der Waals surface area contributed by atoms with Crippen LogP contribution in [0.5, 0.6) is 0 Å². The third-order valence-electron chi connectivity index (χ3n) is 6.31. The lowest BCUT2D eigenvalue weighted by atomic mass is 9.99. The van der Waals surface area contributed by atoms with Gasteiger partial charge in [0.1, 0.15) is 17.1 Å². The molecular formula is C29H29FN6O3. The van der Waals surface area contributed by atoms with Crippen LogP contribution in [0.3, 0.4) is 0 Å². The van der Waals surface area contributed by atoms with E-state index in [9.17, 15) is 14.0 Å². The second kappa shape index (κ2) is 10.3. The highest BCUT2D eigenvalue weighted by Crippen LogP contribution is 2.31. The predicted octanol–water partition coefficient (Wildman–Crippen LogP) is 5.35. The van der Waals surface area contributed by atoms with Crippen molar-refractivity contribution in [2.45, 2.75) is 39.7 Å². The van der Waals surface area contributed by atoms with Gasteiger partial charge in [0.25, 0.3) is 5.91 Å². The minimum absolute atomic E-state index is 0.310. The second-order valence-corrected chi connectivity index (χ2v) is 10.3. The van der Waals surface area contributed by atoms with Crippen LogP contribution >= 0.6 is 0 Å². The molecule has 1 aromatic carbocycles. The maximum absolute atomic E-state index is 14.3. The molecule has 2 amide bonds. The number of carbonyl (C=O) groups excluding carboxylic acids is 2. The number of aromatic nitrogens is 4. The number of amides is 2. The number of benzene rings is 1. The molecule has 39 heavy (non-hydrogen) atoms. The number of aryl methyl sites for hydroxylation is 1. The summed E-state index contributed by atoms with van der Waals surface area (Å²) in [4.78, 5) is 40.4. The third kappa shape index (κ3) is 5.64. The van der Waals surface area contributed by atoms with Gasteiger partial charge in [-0.1, -0.05) is 12.1 Å². The van der Waals surface area contributed by atoms with Gasteiger partial charge >= 0.3 is 6.09 Å². The van der Waals surface area contributed by atoms with Gasteiger partial charge in [-0.25, -0.2) is 19.2 Å². The Morgan fingerprint density at radius 3 is 2.62 bits per heavy atom. The van der Waals surface area contributed by atoms with E-state index < -0.39 is 11.5 Å². The van der Waals surface area contributed by atoms with Crippen LogP contribution in [-0.4, -0.2) is 55.2 Å². The van der Waals surface area contributed by atoms with Crippen molar-refractivity contribution in [2.24, 2.45) is 0 Å². The van der Waals surface area contributed by atoms with Crippen LogP contribution in [0.4, 0.5) is 9.18 Å². The first kappa shape index (κ1) is 26.0. The largest absolute Gasteiger partial charge is 0.444 e. The van der Waals surface area contributed by atoms with Crippen LogP contribution < -0.4 is 5.43 Å². The third-order valence-corrected chi connectivity index (χ3v) is 6.31. The van der Waals surface area contributed by atoms with E-state index in [1.165, 1.54) is 18.3 Å². The Morgan fingerprint density at radius 2 is 1.95 bits per heavy atom. The maximum Gasteiger partial charge on any atom is 0.410 e. The molecule has 4 heterocycles. The number of hydrogen-bond donors (Lipinski definition) is 1. The first-order valence-corrected chi connectivity index (χ1v) is 12.6. The van der Waals surface area contributed by atoms with Crippen molar-refractivity contribution in [1.82, 2.24) is 24.5 Å². The molecule has 9 nitrogen and oxygen atoms in total. The van der Waals surface area contributed by atoms with Crippen molar-refractivity contribution < 1.29 is 18.7 Å². The van der Waals surface area contributed by atoms with E-state index in [0.717, 1.165) is 11.1 Å². The fourth-order valence-corrected chi connectivity index (χ4v) is 4.43. The Kier molecular flexibility index (Phi) is 6.86. The standard InChI is InChI=1S/C29H29FN6O3/c1-18-22(16-32-26(33-18)24-7-5-6-12-31-24)27(37)34-36-17-23(21-15-20(30)8-9-25(21)36)19-10-13-35(14-11-19)28(38)39-29(2,3)4/h5-10,12,15-17H,11,13-14H2,1-4H3,(H,34,37). The number of pyridine rings is 1. The van der Waals surface area contributed by atoms with Gasteiger partial charge in [-0.15, -0.1) is 0 Å². The van der Waals surface area contributed by atoms with Gasteiger partial charge in [-0.3, -0.25) is 19.9 Å². The summed E-state index contributed by atoms with van der Waals surface area (Å²) in [6.07, 6.45) is 7.03. The molecule has 1 aliphatic rings. The predicted molar refractivity (Wildman–Crippen MR) is 146 cm³/mol. The molecule has 0 radical (unpaired) electrons. The van der Waals surface area contributed by atoms with E-state index in [2.05, 4.69) is 20.4 Å². The van der Waals surface area contributed by atoms with Crippen LogP contribution in [0.2, 0.25) is 0 Å². The molecule has 0 spiro atoms. The molecule has 1 N–H and O–H groups in total. The first-order valence-electron chi connectivity index (χ1n) is 12.6. The van der Waals surface area contributed by atoms with Gasteiger partial charge in [0.2, 0.25) is 0 Å². The average Bonchev–Trinajstić information content (AvgIpc) is 3.25. The molecule has 4 aromatic rings. The molecule has 10 heteroatoms. The van der Waals surface area contributed by atoms with Crippen molar-refractivity contribution in [3.05, 3.63) is 83.7 Å². The van der Waals surface area contributed by atoms with E-state index in [1.807, 2.05) is 32.9 Å². The molecule has 0 saturated heterocycles. The highest BCUT2D eigenvalue weighted by molar-refractivity contribution is 6.02. The van der Waals surface area contributed by atoms with Crippen LogP contribution in [0.15, 0.2) is 61.1 Å². The van der Waals surface area contributed by atoms with Crippen molar-refractivity contribution in [1.29, 1.82) is 0 Å². The molecule has 0 saturated carbocycles. The number of nitrogens with one attached hydrogen (secondary N) is 1. The lowest BCUT2D eigenvalue weighted by molar-refractivity contribution is 0.0270. The Labute approximate surface area is 225 Å². The van der Waals surface area contributed by atoms with Crippen molar-refractivity contribution in [3.63, 3.8) is 0 Å². The van der Waals surface area contributed by atoms with Crippen molar-refractivity contribution in [3.8, 4) is 11.5 Å². The summed E-state index contributed by atoms with van der Waals surface area (Å²) >= 11 is 0. The zero-order chi connectivity index (χ0) is 27.7. The smallest absolute Gasteiger partial charge is 0.410 e. The lowest BCUT2D eigenvalue weighted by Gasteiger charge is -2.29. The van der Waals surface area contributed by atoms with Crippen molar-refractivity contribution >= 4 is 28.5 Å². The molecule has 200 valence electrons. The Morgan fingerprint density at radius 1 is 1.13 bits per heavy atom. The summed E-state index contributed by atoms with van der Waals surface area (Å²) in [5, 5.41) is 0.658. The van der Waals surface area contributed by atoms with E-state index in [1.54, 1.807) is 47.1 Å². The number of fused-ring (bicyclic) bond motifs is 1. The molecule has 3 aromatic heterocycles. The summed E-state index contributed by atoms with van der Waals surface area (Å²) in [5.74, 6) is -0.353. The summed E-state index contributed by atoms with van der Waals surface area (Å²) < 4.78 is 21.3. The van der Waals surface area contributed by atoms with E-state index in [4.69, 9.17) is 4.74 Å². The number of carbonyl (C=O) groups is 2. The Hall–Kier alpha value is -4.60. The van der Waals surface area contributed by atoms with Crippen LogP contribution in [0.1, 0.15) is 48.8 Å². The highest BCUT2D eigenvalue weighted by Gasteiger charge is 2.25. The van der Waals surface area contributed by atoms with Crippen molar-refractivity contribution in [2.75, 3.05) is 18.5 Å². The monoisotopic (exact) mass is 528 g/mol. The van der Waals surface area contributed by atoms with E-state index >= 15 is 0 Å². The molecule has 0 fully saturated rings. The molecule has 0 aliphatic carbocycles. The zero-order valence-corrected chi connectivity index (χ0v) is 22.2. The zero-order valence-electron chi connectivity index (χ0n) is 22.2. The van der Waals surface area contributed by atoms with Gasteiger partial charge in [0.05, 0.1) is 16.8 Å². The van der Waals surface area contributed by atoms with E-state index in [-0.39, 0.29) is 11.9 Å². The van der Waals surface area contributed by atoms with Gasteiger partial charge in [-0.2, -0.15) is 0 Å². The molecule has 1 aliphatic heterocycles. The molecule has 5 rings (SSSR count). The fourth-order valence-electron chi connectivity index (χ4n) is 4.43. The quantitative estimate of drug-likeness (QED) is 0.383. The molecular weight excluding hydrogens is 499 g/mol. The van der Waals surface area contributed by atoms with Crippen LogP contribution in [-0.2, 0) is 4.74 Å². The normalized spacial score (nSPS) is 13.8. The lowest BCUT2D eigenvalue weighted by Crippen LogP contribution is -2.39. The van der Waals surface area contributed by atoms with Gasteiger partial charge in [-0.05, 0) is 70.0 Å². The van der Waals surface area contributed by atoms with Crippen LogP contribution in [0.25, 0.3) is 28.0 Å². The summed E-state index contributed by atoms with van der Waals surface area (Å²) in [7, 11) is 0. The topological polar surface area (TPSA) is 102 Å². The maximum atomic E-state index is 14.3. The molecule has 0 atom stereocenters. The number of nitrogens with zero attached hydrogens (tertiary/aromatic N) is 5. The summed E-state index contributed by atoms with van der Waals surface area (Å²) in [6, 6.07) is 9.87. The van der Waals surface area contributed by atoms with E-state index in [0.29, 0.717) is 53.2 Å². The summed E-state index contributed by atoms with van der Waals surface area (Å²) in [5.41, 5.74) is 6.11. The molecule has 0 unspecified atom stereocenters. The van der Waals surface area contributed by atoms with Crippen LogP contribution in [0, 0.1) is 12.7 Å². The Bertz CT molecular complexity index is 1590. The Balaban J connectivity index is 1.40. The highest BCUT2D eigenvalue weighted by atomic mass is 19.1. The second-order valence-electron chi connectivity index (χ2n) is 10.3. The molecule has 0 bridgehead atoms. The SMILES string of the molecule is Cc1nc(-c2ccccn2)ncc1C(=O)Nn1cc(C2=CCN(C(=O)OC(C)(C)C)CC2)c2cc(F)ccc21. The average molecular weight is 529 g/mol. The number of hydrogen-bond acceptors (Lipinski definition) is 6. The fraction of sp³-hybridized carbons (Fsp3) is 0.276.